The van der Waals surface area contributed by atoms with Crippen molar-refractivity contribution in [2.45, 2.75) is 0 Å². The molecule has 0 bridgehead atoms. The first-order chi connectivity index (χ1) is 10.3. The van der Waals surface area contributed by atoms with E-state index in [1.54, 1.807) is 18.2 Å². The number of rotatable bonds is 1. The second-order valence-electron chi connectivity index (χ2n) is 4.71. The zero-order chi connectivity index (χ0) is 14.4. The van der Waals surface area contributed by atoms with Crippen LogP contribution in [0, 0.1) is 0 Å². The molecule has 0 spiro atoms. The van der Waals surface area contributed by atoms with Gasteiger partial charge in [0.25, 0.3) is 11.3 Å². The van der Waals surface area contributed by atoms with Crippen molar-refractivity contribution < 1.29 is 0 Å². The number of fused-ring (bicyclic) bond motifs is 2. The second-order valence-corrected chi connectivity index (χ2v) is 4.71. The van der Waals surface area contributed by atoms with Crippen LogP contribution in [-0.2, 0) is 0 Å². The van der Waals surface area contributed by atoms with Crippen molar-refractivity contribution in [2.75, 3.05) is 5.84 Å². The number of nitrogens with two attached hydrogens (primary N) is 1. The maximum atomic E-state index is 12.5. The summed E-state index contributed by atoms with van der Waals surface area (Å²) in [6.07, 6.45) is 0. The third-order valence-corrected chi connectivity index (χ3v) is 3.41. The van der Waals surface area contributed by atoms with E-state index >= 15 is 0 Å². The Morgan fingerprint density at radius 1 is 0.952 bits per heavy atom. The van der Waals surface area contributed by atoms with Crippen LogP contribution in [0.1, 0.15) is 0 Å². The molecule has 0 unspecified atom stereocenters. The van der Waals surface area contributed by atoms with Gasteiger partial charge in [-0.1, -0.05) is 42.5 Å². The van der Waals surface area contributed by atoms with Crippen molar-refractivity contribution in [3.63, 3.8) is 0 Å². The third-order valence-electron chi connectivity index (χ3n) is 3.41. The molecule has 0 fully saturated rings. The van der Waals surface area contributed by atoms with Gasteiger partial charge in [-0.3, -0.25) is 4.79 Å². The topological polar surface area (TPSA) is 78.2 Å². The summed E-state index contributed by atoms with van der Waals surface area (Å²) in [7, 11) is 0. The molecule has 2 N–H and O–H groups in total. The summed E-state index contributed by atoms with van der Waals surface area (Å²) in [4.78, 5) is 16.9. The average Bonchev–Trinajstić information content (AvgIpc) is 2.86. The van der Waals surface area contributed by atoms with E-state index in [4.69, 9.17) is 5.84 Å². The predicted octanol–water partition coefficient (Wildman–Crippen LogP) is 1.43. The Hall–Kier alpha value is -3.15. The molecular weight excluding hydrogens is 266 g/mol. The molecule has 6 heteroatoms. The van der Waals surface area contributed by atoms with Gasteiger partial charge in [-0.2, -0.15) is 4.52 Å². The number of aromatic nitrogens is 4. The molecule has 6 nitrogen and oxygen atoms in total. The van der Waals surface area contributed by atoms with Gasteiger partial charge in [-0.15, -0.1) is 5.10 Å². The van der Waals surface area contributed by atoms with E-state index in [2.05, 4.69) is 10.1 Å². The summed E-state index contributed by atoms with van der Waals surface area (Å²) in [5.74, 6) is 6.88. The number of para-hydroxylation sites is 1. The third kappa shape index (κ3) is 1.62. The number of hydrogen-bond donors (Lipinski definition) is 1. The zero-order valence-corrected chi connectivity index (χ0v) is 11.0. The predicted molar refractivity (Wildman–Crippen MR) is 80.3 cm³/mol. The van der Waals surface area contributed by atoms with E-state index in [1.807, 2.05) is 36.4 Å². The molecule has 102 valence electrons. The Balaban J connectivity index is 2.14. The minimum atomic E-state index is -0.225. The number of hydrogen-bond acceptors (Lipinski definition) is 4. The molecule has 0 aliphatic carbocycles. The Bertz CT molecular complexity index is 1020. The van der Waals surface area contributed by atoms with E-state index in [0.29, 0.717) is 22.5 Å². The molecule has 4 aromatic rings. The summed E-state index contributed by atoms with van der Waals surface area (Å²) in [6, 6.07) is 16.6. The van der Waals surface area contributed by atoms with Crippen molar-refractivity contribution in [3.05, 3.63) is 65.0 Å². The highest BCUT2D eigenvalue weighted by atomic mass is 16.1. The first kappa shape index (κ1) is 11.7. The van der Waals surface area contributed by atoms with Gasteiger partial charge in [0.2, 0.25) is 0 Å². The van der Waals surface area contributed by atoms with Crippen molar-refractivity contribution in [3.8, 4) is 11.4 Å². The monoisotopic (exact) mass is 277 g/mol. The van der Waals surface area contributed by atoms with Crippen LogP contribution >= 0.6 is 0 Å². The lowest BCUT2D eigenvalue weighted by atomic mass is 10.2. The molecule has 0 radical (unpaired) electrons. The van der Waals surface area contributed by atoms with Gasteiger partial charge in [-0.25, -0.2) is 9.66 Å². The molecule has 4 rings (SSSR count). The molecule has 0 aliphatic rings. The van der Waals surface area contributed by atoms with E-state index < -0.39 is 0 Å². The van der Waals surface area contributed by atoms with Crippen molar-refractivity contribution in [1.82, 2.24) is 19.3 Å². The molecule has 0 saturated heterocycles. The molecule has 2 heterocycles. The average molecular weight is 277 g/mol. The van der Waals surface area contributed by atoms with Gasteiger partial charge in [0.15, 0.2) is 5.82 Å². The minimum absolute atomic E-state index is 0.225. The highest BCUT2D eigenvalue weighted by Crippen LogP contribution is 2.17. The Morgan fingerprint density at radius 2 is 1.67 bits per heavy atom. The molecule has 0 saturated carbocycles. The summed E-state index contributed by atoms with van der Waals surface area (Å²) in [5.41, 5.74) is 1.21. The van der Waals surface area contributed by atoms with Crippen molar-refractivity contribution in [1.29, 1.82) is 0 Å². The van der Waals surface area contributed by atoms with Crippen LogP contribution in [0.3, 0.4) is 0 Å². The fourth-order valence-corrected chi connectivity index (χ4v) is 2.38. The lowest BCUT2D eigenvalue weighted by Crippen LogP contribution is -2.18. The van der Waals surface area contributed by atoms with Gasteiger partial charge < -0.3 is 5.84 Å². The number of nitrogen functional groups attached to an aromatic ring is 1. The largest absolute Gasteiger partial charge is 0.334 e. The van der Waals surface area contributed by atoms with Crippen LogP contribution in [-0.4, -0.2) is 19.3 Å². The highest BCUT2D eigenvalue weighted by Gasteiger charge is 2.15. The first-order valence-electron chi connectivity index (χ1n) is 6.47. The number of benzene rings is 2. The molecular formula is C15H11N5O. The molecule has 21 heavy (non-hydrogen) atoms. The lowest BCUT2D eigenvalue weighted by Gasteiger charge is -2.00. The van der Waals surface area contributed by atoms with Gasteiger partial charge >= 0.3 is 0 Å². The fraction of sp³-hybridized carbons (Fsp3) is 0. The Morgan fingerprint density at radius 3 is 2.48 bits per heavy atom. The highest BCUT2D eigenvalue weighted by molar-refractivity contribution is 5.79. The van der Waals surface area contributed by atoms with Gasteiger partial charge in [-0.05, 0) is 12.1 Å². The van der Waals surface area contributed by atoms with E-state index in [-0.39, 0.29) is 5.56 Å². The van der Waals surface area contributed by atoms with Crippen LogP contribution in [0.2, 0.25) is 0 Å². The Labute approximate surface area is 119 Å². The standard InChI is InChI=1S/C15H11N5O/c16-19-13(10-6-2-1-3-7-10)18-20-14(21)11-8-4-5-9-12(11)17-15(19)20/h1-9H,16H2. The number of nitrogens with zero attached hydrogens (tertiary/aromatic N) is 4. The molecule has 2 aromatic heterocycles. The molecule has 0 atom stereocenters. The second kappa shape index (κ2) is 4.17. The Kier molecular flexibility index (Phi) is 2.32. The maximum Gasteiger partial charge on any atom is 0.283 e. The summed E-state index contributed by atoms with van der Waals surface area (Å²) < 4.78 is 2.58. The SMILES string of the molecule is Nn1c(-c2ccccc2)nn2c(=O)c3ccccc3nc12. The minimum Gasteiger partial charge on any atom is -0.334 e. The van der Waals surface area contributed by atoms with Crippen LogP contribution < -0.4 is 11.4 Å². The van der Waals surface area contributed by atoms with E-state index in [9.17, 15) is 4.79 Å². The van der Waals surface area contributed by atoms with Crippen LogP contribution in [0.5, 0.6) is 0 Å². The van der Waals surface area contributed by atoms with E-state index in [1.165, 1.54) is 9.19 Å². The van der Waals surface area contributed by atoms with E-state index in [0.717, 1.165) is 5.56 Å². The van der Waals surface area contributed by atoms with Crippen molar-refractivity contribution in [2.24, 2.45) is 0 Å². The van der Waals surface area contributed by atoms with Gasteiger partial charge in [0, 0.05) is 5.56 Å². The van der Waals surface area contributed by atoms with Crippen LogP contribution in [0.4, 0.5) is 0 Å². The smallest absolute Gasteiger partial charge is 0.283 e. The van der Waals surface area contributed by atoms with Crippen LogP contribution in [0.25, 0.3) is 28.1 Å². The van der Waals surface area contributed by atoms with Gasteiger partial charge in [0.05, 0.1) is 10.9 Å². The lowest BCUT2D eigenvalue weighted by molar-refractivity contribution is 0.916. The summed E-state index contributed by atoms with van der Waals surface area (Å²) in [6.45, 7) is 0. The maximum absolute atomic E-state index is 12.5. The van der Waals surface area contributed by atoms with Crippen molar-refractivity contribution >= 4 is 16.7 Å². The summed E-state index contributed by atoms with van der Waals surface area (Å²) >= 11 is 0. The quantitative estimate of drug-likeness (QED) is 0.534. The normalized spacial score (nSPS) is 11.2. The molecule has 2 aromatic carbocycles. The van der Waals surface area contributed by atoms with Gasteiger partial charge in [0.1, 0.15) is 0 Å². The molecule has 0 amide bonds. The van der Waals surface area contributed by atoms with Crippen LogP contribution in [0.15, 0.2) is 59.4 Å². The first-order valence-corrected chi connectivity index (χ1v) is 6.47. The fourth-order valence-electron chi connectivity index (χ4n) is 2.38. The summed E-state index contributed by atoms with van der Waals surface area (Å²) in [5, 5.41) is 4.83. The molecule has 0 aliphatic heterocycles. The zero-order valence-electron chi connectivity index (χ0n) is 11.0.